The monoisotopic (exact) mass is 275 g/mol. The van der Waals surface area contributed by atoms with Crippen LogP contribution in [0.1, 0.15) is 43.7 Å². The summed E-state index contributed by atoms with van der Waals surface area (Å²) in [7, 11) is 0. The first-order chi connectivity index (χ1) is 8.99. The van der Waals surface area contributed by atoms with Crippen molar-refractivity contribution in [1.82, 2.24) is 0 Å². The van der Waals surface area contributed by atoms with E-state index in [-0.39, 0.29) is 12.3 Å². The van der Waals surface area contributed by atoms with Gasteiger partial charge in [0.25, 0.3) is 0 Å². The second-order valence-corrected chi connectivity index (χ2v) is 4.44. The summed E-state index contributed by atoms with van der Waals surface area (Å²) in [4.78, 5) is 0. The summed E-state index contributed by atoms with van der Waals surface area (Å²) < 4.78 is 43.9. The van der Waals surface area contributed by atoms with Crippen molar-refractivity contribution in [3.8, 4) is 5.75 Å². The maximum Gasteiger partial charge on any atom is 0.419 e. The highest BCUT2D eigenvalue weighted by molar-refractivity contribution is 5.39. The van der Waals surface area contributed by atoms with Gasteiger partial charge in [-0.25, -0.2) is 0 Å². The fourth-order valence-electron chi connectivity index (χ4n) is 1.76. The van der Waals surface area contributed by atoms with E-state index in [1.165, 1.54) is 6.07 Å². The predicted molar refractivity (Wildman–Crippen MR) is 69.0 cm³/mol. The second-order valence-electron chi connectivity index (χ2n) is 4.44. The van der Waals surface area contributed by atoms with E-state index in [0.717, 1.165) is 31.7 Å². The number of ether oxygens (including phenoxy) is 1. The normalized spacial score (nSPS) is 11.6. The van der Waals surface area contributed by atoms with Crippen molar-refractivity contribution >= 4 is 0 Å². The molecule has 2 nitrogen and oxygen atoms in total. The molecular weight excluding hydrogens is 255 g/mol. The molecule has 1 aromatic carbocycles. The summed E-state index contributed by atoms with van der Waals surface area (Å²) in [6, 6.07) is 3.98. The van der Waals surface area contributed by atoms with Crippen LogP contribution in [0.3, 0.4) is 0 Å². The van der Waals surface area contributed by atoms with Crippen LogP contribution in [-0.2, 0) is 12.7 Å². The Kier molecular flexibility index (Phi) is 6.15. The number of benzene rings is 1. The number of alkyl halides is 3. The molecule has 5 heteroatoms. The number of rotatable bonds is 7. The first-order valence-electron chi connectivity index (χ1n) is 6.52. The molecule has 0 fully saturated rings. The van der Waals surface area contributed by atoms with Crippen LogP contribution < -0.4 is 10.5 Å². The fourth-order valence-corrected chi connectivity index (χ4v) is 1.76. The third-order valence-corrected chi connectivity index (χ3v) is 2.84. The lowest BCUT2D eigenvalue weighted by molar-refractivity contribution is -0.139. The van der Waals surface area contributed by atoms with Crippen molar-refractivity contribution in [3.05, 3.63) is 29.3 Å². The van der Waals surface area contributed by atoms with Crippen LogP contribution in [0.2, 0.25) is 0 Å². The molecule has 2 N–H and O–H groups in total. The van der Waals surface area contributed by atoms with Gasteiger partial charge in [0.2, 0.25) is 0 Å². The molecule has 19 heavy (non-hydrogen) atoms. The molecule has 0 amide bonds. The third kappa shape index (κ3) is 5.11. The van der Waals surface area contributed by atoms with Gasteiger partial charge < -0.3 is 10.5 Å². The Bertz CT molecular complexity index is 391. The molecule has 1 aromatic rings. The molecule has 0 aliphatic rings. The van der Waals surface area contributed by atoms with Crippen molar-refractivity contribution in [2.24, 2.45) is 5.73 Å². The van der Waals surface area contributed by atoms with E-state index in [2.05, 4.69) is 6.92 Å². The zero-order valence-corrected chi connectivity index (χ0v) is 11.1. The molecule has 0 unspecified atom stereocenters. The van der Waals surface area contributed by atoms with E-state index in [1.807, 2.05) is 0 Å². The van der Waals surface area contributed by atoms with Crippen LogP contribution in [-0.4, -0.2) is 6.61 Å². The lowest BCUT2D eigenvalue weighted by atomic mass is 10.1. The SMILES string of the molecule is CCCCCCOc1ccc(CN)cc1C(F)(F)F. The molecule has 0 spiro atoms. The number of unbranched alkanes of at least 4 members (excludes halogenated alkanes) is 3. The minimum Gasteiger partial charge on any atom is -0.493 e. The van der Waals surface area contributed by atoms with Gasteiger partial charge in [-0.05, 0) is 24.1 Å². The zero-order chi connectivity index (χ0) is 14.3. The highest BCUT2D eigenvalue weighted by Gasteiger charge is 2.34. The Morgan fingerprint density at radius 1 is 1.16 bits per heavy atom. The predicted octanol–water partition coefficient (Wildman–Crippen LogP) is 4.12. The first kappa shape index (κ1) is 15.8. The van der Waals surface area contributed by atoms with Gasteiger partial charge in [-0.1, -0.05) is 32.3 Å². The smallest absolute Gasteiger partial charge is 0.419 e. The summed E-state index contributed by atoms with van der Waals surface area (Å²) in [6.07, 6.45) is -0.521. The summed E-state index contributed by atoms with van der Waals surface area (Å²) in [5.74, 6) is -0.110. The average Bonchev–Trinajstić information content (AvgIpc) is 2.37. The van der Waals surface area contributed by atoms with Gasteiger partial charge in [-0.2, -0.15) is 13.2 Å². The summed E-state index contributed by atoms with van der Waals surface area (Å²) in [5, 5.41) is 0. The number of halogens is 3. The van der Waals surface area contributed by atoms with Gasteiger partial charge in [-0.15, -0.1) is 0 Å². The van der Waals surface area contributed by atoms with E-state index in [4.69, 9.17) is 10.5 Å². The molecule has 0 atom stereocenters. The Balaban J connectivity index is 2.71. The van der Waals surface area contributed by atoms with E-state index >= 15 is 0 Å². The van der Waals surface area contributed by atoms with Crippen molar-refractivity contribution in [3.63, 3.8) is 0 Å². The third-order valence-electron chi connectivity index (χ3n) is 2.84. The van der Waals surface area contributed by atoms with Gasteiger partial charge in [0.05, 0.1) is 12.2 Å². The minimum absolute atomic E-state index is 0.0832. The quantitative estimate of drug-likeness (QED) is 0.760. The molecule has 0 heterocycles. The van der Waals surface area contributed by atoms with Gasteiger partial charge in [0.15, 0.2) is 0 Å². The van der Waals surface area contributed by atoms with Crippen LogP contribution in [0.5, 0.6) is 5.75 Å². The summed E-state index contributed by atoms with van der Waals surface area (Å²) >= 11 is 0. The van der Waals surface area contributed by atoms with Gasteiger partial charge in [-0.3, -0.25) is 0 Å². The van der Waals surface area contributed by atoms with Crippen molar-refractivity contribution in [1.29, 1.82) is 0 Å². The van der Waals surface area contributed by atoms with Crippen LogP contribution in [0.4, 0.5) is 13.2 Å². The Morgan fingerprint density at radius 2 is 1.89 bits per heavy atom. The largest absolute Gasteiger partial charge is 0.493 e. The number of nitrogens with two attached hydrogens (primary N) is 1. The number of hydrogen-bond donors (Lipinski definition) is 1. The Labute approximate surface area is 111 Å². The Morgan fingerprint density at radius 3 is 2.47 bits per heavy atom. The van der Waals surface area contributed by atoms with Crippen molar-refractivity contribution < 1.29 is 17.9 Å². The van der Waals surface area contributed by atoms with Gasteiger partial charge in [0.1, 0.15) is 5.75 Å². The van der Waals surface area contributed by atoms with E-state index in [9.17, 15) is 13.2 Å². The topological polar surface area (TPSA) is 35.2 Å². The second kappa shape index (κ2) is 7.38. The molecule has 0 aliphatic carbocycles. The molecule has 0 saturated carbocycles. The zero-order valence-electron chi connectivity index (χ0n) is 11.1. The van der Waals surface area contributed by atoms with E-state index in [1.54, 1.807) is 6.07 Å². The lowest BCUT2D eigenvalue weighted by Crippen LogP contribution is -2.11. The molecular formula is C14H20F3NO. The molecule has 0 aromatic heterocycles. The van der Waals surface area contributed by atoms with Crippen LogP contribution in [0.25, 0.3) is 0 Å². The minimum atomic E-state index is -4.41. The molecule has 0 radical (unpaired) electrons. The molecule has 0 bridgehead atoms. The summed E-state index contributed by atoms with van der Waals surface area (Å²) in [5.41, 5.74) is 5.06. The average molecular weight is 275 g/mol. The number of hydrogen-bond acceptors (Lipinski definition) is 2. The maximum atomic E-state index is 12.9. The Hall–Kier alpha value is -1.23. The van der Waals surface area contributed by atoms with Crippen LogP contribution in [0, 0.1) is 0 Å². The van der Waals surface area contributed by atoms with E-state index < -0.39 is 11.7 Å². The maximum absolute atomic E-state index is 12.9. The van der Waals surface area contributed by atoms with E-state index in [0.29, 0.717) is 12.2 Å². The molecule has 0 aliphatic heterocycles. The molecule has 1 rings (SSSR count). The van der Waals surface area contributed by atoms with Gasteiger partial charge >= 0.3 is 6.18 Å². The van der Waals surface area contributed by atoms with Crippen LogP contribution >= 0.6 is 0 Å². The highest BCUT2D eigenvalue weighted by atomic mass is 19.4. The lowest BCUT2D eigenvalue weighted by Gasteiger charge is -2.15. The molecule has 0 saturated heterocycles. The highest BCUT2D eigenvalue weighted by Crippen LogP contribution is 2.36. The van der Waals surface area contributed by atoms with Crippen molar-refractivity contribution in [2.45, 2.75) is 45.3 Å². The van der Waals surface area contributed by atoms with Crippen molar-refractivity contribution in [2.75, 3.05) is 6.61 Å². The summed E-state index contributed by atoms with van der Waals surface area (Å²) in [6.45, 7) is 2.47. The first-order valence-corrected chi connectivity index (χ1v) is 6.52. The fraction of sp³-hybridized carbons (Fsp3) is 0.571. The van der Waals surface area contributed by atoms with Crippen LogP contribution in [0.15, 0.2) is 18.2 Å². The standard InChI is InChI=1S/C14H20F3NO/c1-2-3-4-5-8-19-13-7-6-11(10-18)9-12(13)14(15,16)17/h6-7,9H,2-5,8,10,18H2,1H3. The molecule has 108 valence electrons. The van der Waals surface area contributed by atoms with Gasteiger partial charge in [0, 0.05) is 6.54 Å².